The fourth-order valence-electron chi connectivity index (χ4n) is 1.05. The maximum absolute atomic E-state index is 11.4. The van der Waals surface area contributed by atoms with E-state index in [-0.39, 0.29) is 11.8 Å². The monoisotopic (exact) mass is 201 g/mol. The van der Waals surface area contributed by atoms with Crippen molar-refractivity contribution in [2.75, 3.05) is 0 Å². The van der Waals surface area contributed by atoms with Crippen LogP contribution >= 0.6 is 0 Å². The molecule has 0 heterocycles. The van der Waals surface area contributed by atoms with Gasteiger partial charge in [-0.15, -0.1) is 0 Å². The first-order valence-electron chi connectivity index (χ1n) is 5.06. The molecule has 0 saturated carbocycles. The Kier molecular flexibility index (Phi) is 5.92. The summed E-state index contributed by atoms with van der Waals surface area (Å²) < 4.78 is 0. The van der Waals surface area contributed by atoms with Crippen LogP contribution < -0.4 is 5.32 Å². The number of aliphatic carboxylic acids is 1. The molecule has 0 aromatic rings. The molecule has 0 spiro atoms. The van der Waals surface area contributed by atoms with Gasteiger partial charge in [-0.2, -0.15) is 0 Å². The van der Waals surface area contributed by atoms with Crippen molar-refractivity contribution < 1.29 is 14.7 Å². The predicted molar refractivity (Wildman–Crippen MR) is 53.9 cm³/mol. The zero-order valence-electron chi connectivity index (χ0n) is 9.04. The summed E-state index contributed by atoms with van der Waals surface area (Å²) in [6, 6.07) is -0.735. The molecule has 2 atom stereocenters. The van der Waals surface area contributed by atoms with Crippen LogP contribution in [0.4, 0.5) is 0 Å². The molecule has 4 heteroatoms. The third-order valence-electron chi connectivity index (χ3n) is 2.25. The van der Waals surface area contributed by atoms with E-state index in [0.717, 1.165) is 12.8 Å². The molecular formula is C10H19NO3. The maximum Gasteiger partial charge on any atom is 0.326 e. The van der Waals surface area contributed by atoms with Crippen molar-refractivity contribution in [3.05, 3.63) is 0 Å². The molecule has 0 bridgehead atoms. The second kappa shape index (κ2) is 6.40. The molecule has 0 aliphatic rings. The van der Waals surface area contributed by atoms with Crippen LogP contribution in [0.2, 0.25) is 0 Å². The Morgan fingerprint density at radius 2 is 1.93 bits per heavy atom. The summed E-state index contributed by atoms with van der Waals surface area (Å²) in [6.45, 7) is 5.59. The molecule has 4 nitrogen and oxygen atoms in total. The second-order valence-corrected chi connectivity index (χ2v) is 3.50. The van der Waals surface area contributed by atoms with Crippen molar-refractivity contribution in [3.8, 4) is 0 Å². The zero-order chi connectivity index (χ0) is 11.1. The normalized spacial score (nSPS) is 14.5. The van der Waals surface area contributed by atoms with Crippen LogP contribution in [0.3, 0.4) is 0 Å². The highest BCUT2D eigenvalue weighted by molar-refractivity contribution is 5.84. The molecule has 1 unspecified atom stereocenters. The van der Waals surface area contributed by atoms with Gasteiger partial charge in [-0.25, -0.2) is 4.79 Å². The van der Waals surface area contributed by atoms with Crippen molar-refractivity contribution in [2.24, 2.45) is 5.92 Å². The number of carboxylic acids is 1. The Bertz CT molecular complexity index is 204. The molecule has 2 N–H and O–H groups in total. The van der Waals surface area contributed by atoms with Gasteiger partial charge >= 0.3 is 5.97 Å². The lowest BCUT2D eigenvalue weighted by Crippen LogP contribution is -2.42. The zero-order valence-corrected chi connectivity index (χ0v) is 9.04. The Morgan fingerprint density at radius 1 is 1.36 bits per heavy atom. The van der Waals surface area contributed by atoms with Crippen molar-refractivity contribution >= 4 is 11.9 Å². The SMILES string of the molecule is CCC[C@H](NC(=O)C(C)CC)C(=O)O. The highest BCUT2D eigenvalue weighted by Crippen LogP contribution is 2.03. The molecule has 0 aromatic carbocycles. The molecule has 0 rings (SSSR count). The molecular weight excluding hydrogens is 182 g/mol. The van der Waals surface area contributed by atoms with E-state index >= 15 is 0 Å². The van der Waals surface area contributed by atoms with E-state index in [1.54, 1.807) is 6.92 Å². The van der Waals surface area contributed by atoms with Crippen LogP contribution in [0.5, 0.6) is 0 Å². The minimum absolute atomic E-state index is 0.117. The van der Waals surface area contributed by atoms with Crippen LogP contribution in [0.25, 0.3) is 0 Å². The van der Waals surface area contributed by atoms with Crippen molar-refractivity contribution in [2.45, 2.75) is 46.1 Å². The van der Waals surface area contributed by atoms with Crippen LogP contribution in [-0.2, 0) is 9.59 Å². The fourth-order valence-corrected chi connectivity index (χ4v) is 1.05. The number of carboxylic acid groups (broad SMARTS) is 1. The average Bonchev–Trinajstić information content (AvgIpc) is 2.15. The summed E-state index contributed by atoms with van der Waals surface area (Å²) in [5.74, 6) is -1.24. The van der Waals surface area contributed by atoms with Gasteiger partial charge in [-0.3, -0.25) is 4.79 Å². The third kappa shape index (κ3) is 4.25. The second-order valence-electron chi connectivity index (χ2n) is 3.50. The van der Waals surface area contributed by atoms with Gasteiger partial charge in [0.1, 0.15) is 6.04 Å². The lowest BCUT2D eigenvalue weighted by molar-refractivity contribution is -0.142. The van der Waals surface area contributed by atoms with E-state index in [9.17, 15) is 9.59 Å². The first-order chi connectivity index (χ1) is 6.52. The standard InChI is InChI=1S/C10H19NO3/c1-4-6-8(10(13)14)11-9(12)7(3)5-2/h7-8H,4-6H2,1-3H3,(H,11,12)(H,13,14)/t7?,8-/m0/s1. The van der Waals surface area contributed by atoms with Gasteiger partial charge in [-0.05, 0) is 12.8 Å². The number of hydrogen-bond donors (Lipinski definition) is 2. The van der Waals surface area contributed by atoms with Gasteiger partial charge in [0.2, 0.25) is 5.91 Å². The smallest absolute Gasteiger partial charge is 0.326 e. The summed E-state index contributed by atoms with van der Waals surface area (Å²) in [5, 5.41) is 11.3. The highest BCUT2D eigenvalue weighted by atomic mass is 16.4. The van der Waals surface area contributed by atoms with E-state index in [0.29, 0.717) is 6.42 Å². The van der Waals surface area contributed by atoms with E-state index in [2.05, 4.69) is 5.32 Å². The van der Waals surface area contributed by atoms with E-state index in [1.165, 1.54) is 0 Å². The number of carbonyl (C=O) groups excluding carboxylic acids is 1. The molecule has 0 saturated heterocycles. The first kappa shape index (κ1) is 12.9. The first-order valence-corrected chi connectivity index (χ1v) is 5.06. The Hall–Kier alpha value is -1.06. The minimum Gasteiger partial charge on any atom is -0.480 e. The van der Waals surface area contributed by atoms with Crippen molar-refractivity contribution in [1.82, 2.24) is 5.32 Å². The summed E-state index contributed by atoms with van der Waals surface area (Å²) in [6.07, 6.45) is 1.96. The number of carbonyl (C=O) groups is 2. The molecule has 0 aliphatic carbocycles. The molecule has 1 amide bonds. The topological polar surface area (TPSA) is 66.4 Å². The Labute approximate surface area is 84.7 Å². The molecule has 0 radical (unpaired) electrons. The van der Waals surface area contributed by atoms with Crippen LogP contribution in [0, 0.1) is 5.92 Å². The van der Waals surface area contributed by atoms with Crippen LogP contribution in [-0.4, -0.2) is 23.0 Å². The van der Waals surface area contributed by atoms with Gasteiger partial charge in [0.25, 0.3) is 0 Å². The van der Waals surface area contributed by atoms with E-state index in [1.807, 2.05) is 13.8 Å². The summed E-state index contributed by atoms with van der Waals surface area (Å²) in [5.41, 5.74) is 0. The molecule has 0 aliphatic heterocycles. The molecule has 0 aromatic heterocycles. The predicted octanol–water partition coefficient (Wildman–Crippen LogP) is 1.40. The van der Waals surface area contributed by atoms with Gasteiger partial charge in [0.05, 0.1) is 0 Å². The molecule has 82 valence electrons. The van der Waals surface area contributed by atoms with Crippen molar-refractivity contribution in [3.63, 3.8) is 0 Å². The molecule has 0 fully saturated rings. The highest BCUT2D eigenvalue weighted by Gasteiger charge is 2.20. The van der Waals surface area contributed by atoms with Crippen LogP contribution in [0.15, 0.2) is 0 Å². The average molecular weight is 201 g/mol. The summed E-state index contributed by atoms with van der Waals surface area (Å²) in [7, 11) is 0. The largest absolute Gasteiger partial charge is 0.480 e. The lowest BCUT2D eigenvalue weighted by Gasteiger charge is -2.16. The van der Waals surface area contributed by atoms with Gasteiger partial charge < -0.3 is 10.4 Å². The Balaban J connectivity index is 4.15. The van der Waals surface area contributed by atoms with Gasteiger partial charge in [-0.1, -0.05) is 27.2 Å². The number of hydrogen-bond acceptors (Lipinski definition) is 2. The van der Waals surface area contributed by atoms with E-state index in [4.69, 9.17) is 5.11 Å². The maximum atomic E-state index is 11.4. The van der Waals surface area contributed by atoms with Crippen LogP contribution in [0.1, 0.15) is 40.0 Å². The van der Waals surface area contributed by atoms with E-state index < -0.39 is 12.0 Å². The molecule has 14 heavy (non-hydrogen) atoms. The minimum atomic E-state index is -0.955. The number of rotatable bonds is 6. The Morgan fingerprint density at radius 3 is 2.29 bits per heavy atom. The third-order valence-corrected chi connectivity index (χ3v) is 2.25. The number of amides is 1. The van der Waals surface area contributed by atoms with Crippen molar-refractivity contribution in [1.29, 1.82) is 0 Å². The quantitative estimate of drug-likeness (QED) is 0.682. The summed E-state index contributed by atoms with van der Waals surface area (Å²) in [4.78, 5) is 22.1. The number of nitrogens with one attached hydrogen (secondary N) is 1. The van der Waals surface area contributed by atoms with Gasteiger partial charge in [0, 0.05) is 5.92 Å². The summed E-state index contributed by atoms with van der Waals surface area (Å²) >= 11 is 0. The van der Waals surface area contributed by atoms with Gasteiger partial charge in [0.15, 0.2) is 0 Å². The fraction of sp³-hybridized carbons (Fsp3) is 0.800. The lowest BCUT2D eigenvalue weighted by atomic mass is 10.1.